The van der Waals surface area contributed by atoms with Crippen LogP contribution in [0.25, 0.3) is 11.6 Å². The fourth-order valence-electron chi connectivity index (χ4n) is 2.12. The average Bonchev–Trinajstić information content (AvgIpc) is 3.28. The van der Waals surface area contributed by atoms with Crippen molar-refractivity contribution < 1.29 is 13.9 Å². The number of rotatable bonds is 7. The van der Waals surface area contributed by atoms with E-state index in [0.29, 0.717) is 34.5 Å². The van der Waals surface area contributed by atoms with E-state index in [9.17, 15) is 0 Å². The van der Waals surface area contributed by atoms with Crippen molar-refractivity contribution in [3.63, 3.8) is 0 Å². The highest BCUT2D eigenvalue weighted by Crippen LogP contribution is 2.27. The SMILES string of the molecule is C=CCOc1ccc(/C=N\n2c(-c3ccco3)n[nH]c2=S)cc1OC. The molecule has 1 N–H and O–H groups in total. The number of H-pyrrole nitrogens is 1. The summed E-state index contributed by atoms with van der Waals surface area (Å²) < 4.78 is 18.1. The average molecular weight is 356 g/mol. The third kappa shape index (κ3) is 3.69. The second-order valence-corrected chi connectivity index (χ2v) is 5.28. The second-order valence-electron chi connectivity index (χ2n) is 4.90. The van der Waals surface area contributed by atoms with Crippen LogP contribution in [-0.2, 0) is 0 Å². The van der Waals surface area contributed by atoms with Crippen molar-refractivity contribution >= 4 is 18.4 Å². The van der Waals surface area contributed by atoms with Crippen LogP contribution in [0, 0.1) is 4.77 Å². The third-order valence-electron chi connectivity index (χ3n) is 3.26. The lowest BCUT2D eigenvalue weighted by atomic mass is 10.2. The van der Waals surface area contributed by atoms with Crippen molar-refractivity contribution in [2.24, 2.45) is 5.10 Å². The number of ether oxygens (including phenoxy) is 2. The van der Waals surface area contributed by atoms with E-state index in [1.54, 1.807) is 37.8 Å². The molecule has 0 aliphatic carbocycles. The van der Waals surface area contributed by atoms with E-state index < -0.39 is 0 Å². The molecule has 0 bridgehead atoms. The Hall–Kier alpha value is -3.13. The molecule has 2 heterocycles. The predicted octanol–water partition coefficient (Wildman–Crippen LogP) is 3.66. The van der Waals surface area contributed by atoms with Gasteiger partial charge in [-0.15, -0.1) is 5.10 Å². The van der Waals surface area contributed by atoms with E-state index >= 15 is 0 Å². The minimum Gasteiger partial charge on any atom is -0.493 e. The monoisotopic (exact) mass is 356 g/mol. The van der Waals surface area contributed by atoms with Gasteiger partial charge in [-0.1, -0.05) is 12.7 Å². The van der Waals surface area contributed by atoms with Gasteiger partial charge in [-0.25, -0.2) is 5.10 Å². The molecule has 128 valence electrons. The summed E-state index contributed by atoms with van der Waals surface area (Å²) in [5.41, 5.74) is 0.816. The number of methoxy groups -OCH3 is 1. The van der Waals surface area contributed by atoms with E-state index in [0.717, 1.165) is 5.56 Å². The standard InChI is InChI=1S/C17H16N4O3S/c1-3-8-23-13-7-6-12(10-15(13)22-2)11-18-21-16(19-20-17(21)25)14-5-4-9-24-14/h3-7,9-11H,1,8H2,2H3,(H,20,25)/b18-11-. The van der Waals surface area contributed by atoms with Gasteiger partial charge >= 0.3 is 0 Å². The number of hydrogen-bond donors (Lipinski definition) is 1. The van der Waals surface area contributed by atoms with Gasteiger partial charge in [-0.2, -0.15) is 9.78 Å². The number of benzene rings is 1. The van der Waals surface area contributed by atoms with Crippen molar-refractivity contribution in [3.8, 4) is 23.1 Å². The zero-order valence-electron chi connectivity index (χ0n) is 13.5. The first-order chi connectivity index (χ1) is 12.2. The Kier molecular flexibility index (Phi) is 5.10. The topological polar surface area (TPSA) is 77.6 Å². The number of aromatic amines is 1. The third-order valence-corrected chi connectivity index (χ3v) is 3.52. The molecule has 0 saturated carbocycles. The maximum Gasteiger partial charge on any atom is 0.219 e. The van der Waals surface area contributed by atoms with E-state index in [1.807, 2.05) is 18.2 Å². The second kappa shape index (κ2) is 7.63. The summed E-state index contributed by atoms with van der Waals surface area (Å²) in [6.45, 7) is 4.03. The van der Waals surface area contributed by atoms with Crippen LogP contribution in [0.4, 0.5) is 0 Å². The highest BCUT2D eigenvalue weighted by atomic mass is 32.1. The van der Waals surface area contributed by atoms with Crippen LogP contribution in [-0.4, -0.2) is 34.8 Å². The molecule has 2 aromatic heterocycles. The normalized spacial score (nSPS) is 10.9. The molecule has 0 atom stereocenters. The Morgan fingerprint density at radius 2 is 2.28 bits per heavy atom. The summed E-state index contributed by atoms with van der Waals surface area (Å²) in [7, 11) is 1.58. The Morgan fingerprint density at radius 1 is 1.40 bits per heavy atom. The van der Waals surface area contributed by atoms with Gasteiger partial charge in [-0.05, 0) is 48.1 Å². The van der Waals surface area contributed by atoms with Gasteiger partial charge in [0.15, 0.2) is 17.3 Å². The Morgan fingerprint density at radius 3 is 3.00 bits per heavy atom. The Bertz CT molecular complexity index is 941. The maximum atomic E-state index is 5.53. The number of hydrogen-bond acceptors (Lipinski definition) is 6. The number of nitrogens with zero attached hydrogens (tertiary/aromatic N) is 3. The van der Waals surface area contributed by atoms with Gasteiger partial charge < -0.3 is 13.9 Å². The Labute approximate surface area is 149 Å². The fourth-order valence-corrected chi connectivity index (χ4v) is 2.30. The van der Waals surface area contributed by atoms with Gasteiger partial charge in [0, 0.05) is 0 Å². The smallest absolute Gasteiger partial charge is 0.219 e. The predicted molar refractivity (Wildman–Crippen MR) is 96.8 cm³/mol. The van der Waals surface area contributed by atoms with Crippen LogP contribution in [0.15, 0.2) is 58.8 Å². The Balaban J connectivity index is 1.89. The quantitative estimate of drug-likeness (QED) is 0.397. The molecule has 0 aliphatic heterocycles. The van der Waals surface area contributed by atoms with Gasteiger partial charge in [0.1, 0.15) is 6.61 Å². The summed E-state index contributed by atoms with van der Waals surface area (Å²) in [6, 6.07) is 9.05. The van der Waals surface area contributed by atoms with Gasteiger partial charge in [0.25, 0.3) is 0 Å². The van der Waals surface area contributed by atoms with Crippen LogP contribution >= 0.6 is 12.2 Å². The van der Waals surface area contributed by atoms with Crippen LogP contribution < -0.4 is 9.47 Å². The first-order valence-electron chi connectivity index (χ1n) is 7.40. The molecule has 0 spiro atoms. The van der Waals surface area contributed by atoms with Crippen molar-refractivity contribution in [3.05, 3.63) is 59.6 Å². The van der Waals surface area contributed by atoms with Gasteiger partial charge in [-0.3, -0.25) is 0 Å². The van der Waals surface area contributed by atoms with Crippen LogP contribution in [0.5, 0.6) is 11.5 Å². The molecule has 0 radical (unpaired) electrons. The van der Waals surface area contributed by atoms with Crippen molar-refractivity contribution in [2.45, 2.75) is 0 Å². The summed E-state index contributed by atoms with van der Waals surface area (Å²) in [5, 5.41) is 11.2. The lowest BCUT2D eigenvalue weighted by Gasteiger charge is -2.09. The molecule has 0 amide bonds. The molecule has 3 rings (SSSR count). The summed E-state index contributed by atoms with van der Waals surface area (Å²) >= 11 is 5.21. The molecule has 0 unspecified atom stereocenters. The van der Waals surface area contributed by atoms with E-state index in [4.69, 9.17) is 26.1 Å². The van der Waals surface area contributed by atoms with E-state index in [2.05, 4.69) is 21.9 Å². The highest BCUT2D eigenvalue weighted by molar-refractivity contribution is 7.71. The van der Waals surface area contributed by atoms with Crippen molar-refractivity contribution in [2.75, 3.05) is 13.7 Å². The fraction of sp³-hybridized carbons (Fsp3) is 0.118. The zero-order valence-corrected chi connectivity index (χ0v) is 14.3. The zero-order chi connectivity index (χ0) is 17.6. The lowest BCUT2D eigenvalue weighted by Crippen LogP contribution is -1.98. The number of nitrogens with one attached hydrogen (secondary N) is 1. The molecule has 3 aromatic rings. The molecular weight excluding hydrogens is 340 g/mol. The lowest BCUT2D eigenvalue weighted by molar-refractivity contribution is 0.326. The van der Waals surface area contributed by atoms with E-state index in [1.165, 1.54) is 4.68 Å². The molecule has 25 heavy (non-hydrogen) atoms. The molecule has 0 aliphatic rings. The van der Waals surface area contributed by atoms with Crippen molar-refractivity contribution in [1.82, 2.24) is 14.9 Å². The molecule has 8 heteroatoms. The molecule has 0 saturated heterocycles. The molecule has 7 nitrogen and oxygen atoms in total. The summed E-state index contributed by atoms with van der Waals surface area (Å²) in [6.07, 6.45) is 4.89. The first-order valence-corrected chi connectivity index (χ1v) is 7.81. The minimum atomic E-state index is 0.362. The minimum absolute atomic E-state index is 0.362. The van der Waals surface area contributed by atoms with Crippen LogP contribution in [0.2, 0.25) is 0 Å². The van der Waals surface area contributed by atoms with Gasteiger partial charge in [0.05, 0.1) is 19.6 Å². The van der Waals surface area contributed by atoms with Gasteiger partial charge in [0.2, 0.25) is 10.6 Å². The molecule has 0 fully saturated rings. The number of aromatic nitrogens is 3. The largest absolute Gasteiger partial charge is 0.493 e. The summed E-state index contributed by atoms with van der Waals surface area (Å²) in [4.78, 5) is 0. The molecular formula is C17H16N4O3S. The van der Waals surface area contributed by atoms with Crippen LogP contribution in [0.3, 0.4) is 0 Å². The van der Waals surface area contributed by atoms with E-state index in [-0.39, 0.29) is 0 Å². The number of furan rings is 1. The maximum absolute atomic E-state index is 5.53. The highest BCUT2D eigenvalue weighted by Gasteiger charge is 2.10. The summed E-state index contributed by atoms with van der Waals surface area (Å²) in [5.74, 6) is 2.29. The first kappa shape index (κ1) is 16.7. The molecule has 1 aromatic carbocycles. The van der Waals surface area contributed by atoms with Crippen molar-refractivity contribution in [1.29, 1.82) is 0 Å². The van der Waals surface area contributed by atoms with Crippen LogP contribution in [0.1, 0.15) is 5.56 Å².